The molecule has 6 nitrogen and oxygen atoms in total. The van der Waals surface area contributed by atoms with Crippen LogP contribution in [0, 0.1) is 5.92 Å². The molecule has 0 spiro atoms. The summed E-state index contributed by atoms with van der Waals surface area (Å²) in [5.41, 5.74) is 1.24. The van der Waals surface area contributed by atoms with Crippen LogP contribution in [-0.2, 0) is 0 Å². The van der Waals surface area contributed by atoms with E-state index in [4.69, 9.17) is 0 Å². The van der Waals surface area contributed by atoms with E-state index in [1.165, 1.54) is 0 Å². The zero-order chi connectivity index (χ0) is 16.2. The number of nitrogens with zero attached hydrogens (tertiary/aromatic N) is 4. The van der Waals surface area contributed by atoms with E-state index >= 15 is 0 Å². The lowest BCUT2D eigenvalue weighted by Gasteiger charge is -2.33. The van der Waals surface area contributed by atoms with Crippen LogP contribution < -0.4 is 0 Å². The molecule has 3 rings (SSSR count). The molecule has 1 fully saturated rings. The normalized spacial score (nSPS) is 21.1. The topological polar surface area (TPSA) is 71.2 Å². The highest BCUT2D eigenvalue weighted by Gasteiger charge is 2.28. The second-order valence-corrected chi connectivity index (χ2v) is 6.16. The molecule has 2 aromatic rings. The number of carbonyl (C=O) groups is 1. The van der Waals surface area contributed by atoms with Gasteiger partial charge in [0.25, 0.3) is 5.91 Å². The minimum absolute atomic E-state index is 0.0976. The average Bonchev–Trinajstić information content (AvgIpc) is 3.11. The van der Waals surface area contributed by atoms with E-state index in [0.29, 0.717) is 11.6 Å². The van der Waals surface area contributed by atoms with Crippen LogP contribution in [0.1, 0.15) is 36.2 Å². The molecule has 1 aromatic heterocycles. The van der Waals surface area contributed by atoms with E-state index in [2.05, 4.69) is 10.3 Å². The van der Waals surface area contributed by atoms with Crippen molar-refractivity contribution in [2.45, 2.75) is 31.7 Å². The Bertz CT molecular complexity index is 648. The molecule has 0 bridgehead atoms. The van der Waals surface area contributed by atoms with Gasteiger partial charge in [-0.1, -0.05) is 23.4 Å². The van der Waals surface area contributed by atoms with Gasteiger partial charge in [-0.15, -0.1) is 5.10 Å². The monoisotopic (exact) mass is 314 g/mol. The zero-order valence-electron chi connectivity index (χ0n) is 13.3. The number of hydrogen-bond donors (Lipinski definition) is 1. The molecule has 1 saturated carbocycles. The van der Waals surface area contributed by atoms with Crippen LogP contribution in [0.4, 0.5) is 0 Å². The Kier molecular flexibility index (Phi) is 4.71. The van der Waals surface area contributed by atoms with Crippen molar-refractivity contribution in [2.75, 3.05) is 13.7 Å². The first-order valence-electron chi connectivity index (χ1n) is 8.05. The van der Waals surface area contributed by atoms with Crippen molar-refractivity contribution in [3.63, 3.8) is 0 Å². The minimum Gasteiger partial charge on any atom is -0.396 e. The van der Waals surface area contributed by atoms with E-state index < -0.39 is 0 Å². The van der Waals surface area contributed by atoms with Gasteiger partial charge < -0.3 is 10.0 Å². The zero-order valence-corrected chi connectivity index (χ0v) is 13.3. The molecular formula is C17H22N4O2. The molecule has 122 valence electrons. The van der Waals surface area contributed by atoms with Crippen molar-refractivity contribution in [2.24, 2.45) is 5.92 Å². The highest BCUT2D eigenvalue weighted by molar-refractivity contribution is 5.92. The summed E-state index contributed by atoms with van der Waals surface area (Å²) in [6, 6.07) is 9.83. The van der Waals surface area contributed by atoms with Gasteiger partial charge in [0, 0.05) is 19.7 Å². The standard InChI is InChI=1S/C17H22N4O2/c1-20(14-9-7-13(12-22)8-10-14)17(23)16-11-21(19-18-16)15-5-3-2-4-6-15/h2-6,11,13-14,22H,7-10,12H2,1H3. The summed E-state index contributed by atoms with van der Waals surface area (Å²) in [6.07, 6.45) is 5.47. The van der Waals surface area contributed by atoms with E-state index in [1.807, 2.05) is 37.4 Å². The van der Waals surface area contributed by atoms with Crippen molar-refractivity contribution < 1.29 is 9.90 Å². The van der Waals surface area contributed by atoms with Crippen molar-refractivity contribution in [1.82, 2.24) is 19.9 Å². The highest BCUT2D eigenvalue weighted by atomic mass is 16.3. The number of aliphatic hydroxyl groups excluding tert-OH is 1. The second kappa shape index (κ2) is 6.91. The Morgan fingerprint density at radius 3 is 2.61 bits per heavy atom. The van der Waals surface area contributed by atoms with Gasteiger partial charge in [0.15, 0.2) is 5.69 Å². The van der Waals surface area contributed by atoms with Crippen molar-refractivity contribution in [3.05, 3.63) is 42.2 Å². The average molecular weight is 314 g/mol. The first kappa shape index (κ1) is 15.7. The molecule has 0 atom stereocenters. The highest BCUT2D eigenvalue weighted by Crippen LogP contribution is 2.27. The predicted octanol–water partition coefficient (Wildman–Crippen LogP) is 1.89. The Balaban J connectivity index is 1.67. The second-order valence-electron chi connectivity index (χ2n) is 6.16. The Morgan fingerprint density at radius 2 is 1.96 bits per heavy atom. The first-order valence-corrected chi connectivity index (χ1v) is 8.05. The third-order valence-corrected chi connectivity index (χ3v) is 4.68. The van der Waals surface area contributed by atoms with Crippen molar-refractivity contribution >= 4 is 5.91 Å². The van der Waals surface area contributed by atoms with Crippen LogP contribution in [0.25, 0.3) is 5.69 Å². The summed E-state index contributed by atoms with van der Waals surface area (Å²) in [5.74, 6) is 0.285. The summed E-state index contributed by atoms with van der Waals surface area (Å²) in [5, 5.41) is 17.3. The number of aromatic nitrogens is 3. The Hall–Kier alpha value is -2.21. The lowest BCUT2D eigenvalue weighted by molar-refractivity contribution is 0.0647. The number of amides is 1. The summed E-state index contributed by atoms with van der Waals surface area (Å²) in [7, 11) is 1.83. The molecule has 0 saturated heterocycles. The third-order valence-electron chi connectivity index (χ3n) is 4.68. The molecule has 0 unspecified atom stereocenters. The van der Waals surface area contributed by atoms with Crippen LogP contribution in [0.15, 0.2) is 36.5 Å². The molecule has 1 amide bonds. The largest absolute Gasteiger partial charge is 0.396 e. The SMILES string of the molecule is CN(C(=O)c1cn(-c2ccccc2)nn1)C1CCC(CO)CC1. The third kappa shape index (κ3) is 3.42. The van der Waals surface area contributed by atoms with Crippen LogP contribution in [0.2, 0.25) is 0 Å². The van der Waals surface area contributed by atoms with E-state index in [-0.39, 0.29) is 18.6 Å². The maximum absolute atomic E-state index is 12.6. The fourth-order valence-corrected chi connectivity index (χ4v) is 3.13. The van der Waals surface area contributed by atoms with Gasteiger partial charge in [0.2, 0.25) is 0 Å². The molecule has 1 N–H and O–H groups in total. The maximum atomic E-state index is 12.6. The van der Waals surface area contributed by atoms with E-state index in [9.17, 15) is 9.90 Å². The van der Waals surface area contributed by atoms with Gasteiger partial charge in [-0.05, 0) is 43.7 Å². The van der Waals surface area contributed by atoms with Crippen LogP contribution in [-0.4, -0.2) is 50.6 Å². The molecule has 1 aromatic carbocycles. The van der Waals surface area contributed by atoms with Gasteiger partial charge >= 0.3 is 0 Å². The van der Waals surface area contributed by atoms with Crippen molar-refractivity contribution in [1.29, 1.82) is 0 Å². The van der Waals surface area contributed by atoms with E-state index in [0.717, 1.165) is 31.4 Å². The number of para-hydroxylation sites is 1. The molecule has 1 heterocycles. The van der Waals surface area contributed by atoms with Gasteiger partial charge in [-0.3, -0.25) is 4.79 Å². The summed E-state index contributed by atoms with van der Waals surface area (Å²) < 4.78 is 1.61. The van der Waals surface area contributed by atoms with E-state index in [1.54, 1.807) is 15.8 Å². The molecule has 0 aliphatic heterocycles. The smallest absolute Gasteiger partial charge is 0.276 e. The minimum atomic E-state index is -0.0976. The number of benzene rings is 1. The quantitative estimate of drug-likeness (QED) is 0.935. The Morgan fingerprint density at radius 1 is 1.26 bits per heavy atom. The van der Waals surface area contributed by atoms with Gasteiger partial charge in [-0.25, -0.2) is 4.68 Å². The molecule has 23 heavy (non-hydrogen) atoms. The number of carbonyl (C=O) groups excluding carboxylic acids is 1. The predicted molar refractivity (Wildman–Crippen MR) is 86.3 cm³/mol. The first-order chi connectivity index (χ1) is 11.2. The lowest BCUT2D eigenvalue weighted by Crippen LogP contribution is -2.40. The molecule has 0 radical (unpaired) electrons. The molecular weight excluding hydrogens is 292 g/mol. The number of aliphatic hydroxyl groups is 1. The van der Waals surface area contributed by atoms with Crippen LogP contribution in [0.5, 0.6) is 0 Å². The lowest BCUT2D eigenvalue weighted by atomic mass is 9.86. The van der Waals surface area contributed by atoms with Gasteiger partial charge in [0.1, 0.15) is 0 Å². The van der Waals surface area contributed by atoms with Gasteiger partial charge in [0.05, 0.1) is 11.9 Å². The Labute approximate surface area is 135 Å². The summed E-state index contributed by atoms with van der Waals surface area (Å²) in [6.45, 7) is 0.246. The molecule has 6 heteroatoms. The number of rotatable bonds is 4. The number of hydrogen-bond acceptors (Lipinski definition) is 4. The van der Waals surface area contributed by atoms with Crippen molar-refractivity contribution in [3.8, 4) is 5.69 Å². The van der Waals surface area contributed by atoms with Gasteiger partial charge in [-0.2, -0.15) is 0 Å². The summed E-state index contributed by atoms with van der Waals surface area (Å²) in [4.78, 5) is 14.4. The fourth-order valence-electron chi connectivity index (χ4n) is 3.13. The molecule has 1 aliphatic carbocycles. The molecule has 1 aliphatic rings. The van der Waals surface area contributed by atoms with Crippen LogP contribution >= 0.6 is 0 Å². The maximum Gasteiger partial charge on any atom is 0.276 e. The summed E-state index contributed by atoms with van der Waals surface area (Å²) >= 11 is 0. The fraction of sp³-hybridized carbons (Fsp3) is 0.471. The van der Waals surface area contributed by atoms with Crippen LogP contribution in [0.3, 0.4) is 0 Å².